The molecule has 1 fully saturated rings. The molecule has 1 saturated carbocycles. The maximum absolute atomic E-state index is 6.07. The van der Waals surface area contributed by atoms with Crippen molar-refractivity contribution in [3.05, 3.63) is 11.7 Å². The Bertz CT molecular complexity index is 375. The van der Waals surface area contributed by atoms with E-state index in [1.54, 1.807) is 0 Å². The monoisotopic (exact) mass is 251 g/mol. The van der Waals surface area contributed by atoms with Gasteiger partial charge in [0.2, 0.25) is 5.89 Å². The molecule has 1 aromatic rings. The fraction of sp³-hybridized carbons (Fsp3) is 0.857. The third-order valence-electron chi connectivity index (χ3n) is 3.80. The predicted octanol–water partition coefficient (Wildman–Crippen LogP) is 3.41. The van der Waals surface area contributed by atoms with E-state index in [4.69, 9.17) is 10.3 Å². The molecule has 0 saturated heterocycles. The van der Waals surface area contributed by atoms with E-state index in [0.29, 0.717) is 17.7 Å². The maximum atomic E-state index is 6.07. The normalized spacial score (nSPS) is 26.5. The lowest BCUT2D eigenvalue weighted by atomic mass is 9.82. The van der Waals surface area contributed by atoms with Gasteiger partial charge in [-0.25, -0.2) is 0 Å². The van der Waals surface area contributed by atoms with Crippen molar-refractivity contribution < 1.29 is 4.52 Å². The zero-order valence-electron chi connectivity index (χ0n) is 11.7. The first-order valence-corrected chi connectivity index (χ1v) is 7.15. The van der Waals surface area contributed by atoms with Gasteiger partial charge in [0.25, 0.3) is 0 Å². The molecule has 4 nitrogen and oxygen atoms in total. The van der Waals surface area contributed by atoms with Crippen LogP contribution in [0, 0.1) is 11.8 Å². The van der Waals surface area contributed by atoms with E-state index in [2.05, 4.69) is 30.9 Å². The molecule has 3 atom stereocenters. The average Bonchev–Trinajstić information content (AvgIpc) is 2.77. The van der Waals surface area contributed by atoms with Crippen LogP contribution in [-0.4, -0.2) is 10.1 Å². The summed E-state index contributed by atoms with van der Waals surface area (Å²) in [6, 6.07) is -0.118. The van der Waals surface area contributed by atoms with Crippen molar-refractivity contribution in [2.24, 2.45) is 17.6 Å². The van der Waals surface area contributed by atoms with Crippen molar-refractivity contribution >= 4 is 0 Å². The van der Waals surface area contributed by atoms with Gasteiger partial charge < -0.3 is 10.3 Å². The molecule has 2 unspecified atom stereocenters. The van der Waals surface area contributed by atoms with E-state index in [1.165, 1.54) is 25.7 Å². The van der Waals surface area contributed by atoms with Gasteiger partial charge in [-0.3, -0.25) is 0 Å². The van der Waals surface area contributed by atoms with Gasteiger partial charge in [0.05, 0.1) is 6.04 Å². The molecule has 1 aromatic heterocycles. The van der Waals surface area contributed by atoms with Crippen LogP contribution >= 0.6 is 0 Å². The molecule has 0 amide bonds. The van der Waals surface area contributed by atoms with Gasteiger partial charge in [-0.05, 0) is 31.1 Å². The SMILES string of the molecule is CC(C)C[C@@H](N)c1nc(C2CCCC(C)C2)no1. The lowest BCUT2D eigenvalue weighted by molar-refractivity contribution is 0.310. The van der Waals surface area contributed by atoms with Crippen LogP contribution in [0.1, 0.15) is 76.6 Å². The van der Waals surface area contributed by atoms with Crippen LogP contribution in [0.15, 0.2) is 4.52 Å². The number of nitrogens with zero attached hydrogens (tertiary/aromatic N) is 2. The van der Waals surface area contributed by atoms with Crippen molar-refractivity contribution in [2.75, 3.05) is 0 Å². The Balaban J connectivity index is 2.01. The third kappa shape index (κ3) is 3.31. The van der Waals surface area contributed by atoms with Gasteiger partial charge in [0.1, 0.15) is 0 Å². The summed E-state index contributed by atoms with van der Waals surface area (Å²) in [4.78, 5) is 4.52. The summed E-state index contributed by atoms with van der Waals surface area (Å²) in [6.45, 7) is 6.61. The standard InChI is InChI=1S/C14H25N3O/c1-9(2)7-12(15)14-16-13(17-18-14)11-6-4-5-10(3)8-11/h9-12H,4-8,15H2,1-3H3/t10?,11?,12-/m1/s1. The van der Waals surface area contributed by atoms with Gasteiger partial charge in [0, 0.05) is 5.92 Å². The summed E-state index contributed by atoms with van der Waals surface area (Å²) in [5, 5.41) is 4.14. The first-order valence-electron chi connectivity index (χ1n) is 7.15. The van der Waals surface area contributed by atoms with Crippen molar-refractivity contribution in [2.45, 2.75) is 64.8 Å². The molecular weight excluding hydrogens is 226 g/mol. The lowest BCUT2D eigenvalue weighted by Gasteiger charge is -2.23. The first kappa shape index (κ1) is 13.5. The number of hydrogen-bond donors (Lipinski definition) is 1. The number of aromatic nitrogens is 2. The van der Waals surface area contributed by atoms with Gasteiger partial charge in [-0.1, -0.05) is 38.8 Å². The van der Waals surface area contributed by atoms with E-state index >= 15 is 0 Å². The first-order chi connectivity index (χ1) is 8.56. The van der Waals surface area contributed by atoms with Crippen LogP contribution in [0.2, 0.25) is 0 Å². The summed E-state index contributed by atoms with van der Waals surface area (Å²) in [6.07, 6.45) is 5.85. The Kier molecular flexibility index (Phi) is 4.38. The van der Waals surface area contributed by atoms with Crippen LogP contribution in [0.3, 0.4) is 0 Å². The van der Waals surface area contributed by atoms with Crippen molar-refractivity contribution in [3.63, 3.8) is 0 Å². The smallest absolute Gasteiger partial charge is 0.243 e. The largest absolute Gasteiger partial charge is 0.338 e. The molecule has 0 aliphatic heterocycles. The van der Waals surface area contributed by atoms with E-state index in [9.17, 15) is 0 Å². The zero-order chi connectivity index (χ0) is 13.1. The minimum Gasteiger partial charge on any atom is -0.338 e. The highest BCUT2D eigenvalue weighted by molar-refractivity contribution is 5.00. The van der Waals surface area contributed by atoms with Crippen molar-refractivity contribution in [3.8, 4) is 0 Å². The topological polar surface area (TPSA) is 64.9 Å². The molecule has 0 aromatic carbocycles. The van der Waals surface area contributed by atoms with Crippen LogP contribution in [0.25, 0.3) is 0 Å². The molecular formula is C14H25N3O. The molecule has 1 aliphatic carbocycles. The molecule has 0 radical (unpaired) electrons. The van der Waals surface area contributed by atoms with Crippen LogP contribution in [0.4, 0.5) is 0 Å². The van der Waals surface area contributed by atoms with Crippen molar-refractivity contribution in [1.29, 1.82) is 0 Å². The Labute approximate surface area is 109 Å². The summed E-state index contributed by atoms with van der Waals surface area (Å²) in [5.74, 6) is 3.27. The average molecular weight is 251 g/mol. The summed E-state index contributed by atoms with van der Waals surface area (Å²) < 4.78 is 5.33. The number of hydrogen-bond acceptors (Lipinski definition) is 4. The quantitative estimate of drug-likeness (QED) is 0.890. The van der Waals surface area contributed by atoms with E-state index in [1.807, 2.05) is 0 Å². The maximum Gasteiger partial charge on any atom is 0.243 e. The van der Waals surface area contributed by atoms with Gasteiger partial charge in [-0.15, -0.1) is 0 Å². The van der Waals surface area contributed by atoms with Crippen LogP contribution in [-0.2, 0) is 0 Å². The lowest BCUT2D eigenvalue weighted by Crippen LogP contribution is -2.15. The van der Waals surface area contributed by atoms with E-state index in [0.717, 1.165) is 18.2 Å². The number of nitrogens with two attached hydrogens (primary N) is 1. The molecule has 18 heavy (non-hydrogen) atoms. The van der Waals surface area contributed by atoms with Gasteiger partial charge >= 0.3 is 0 Å². The van der Waals surface area contributed by atoms with Crippen LogP contribution < -0.4 is 5.73 Å². The molecule has 2 N–H and O–H groups in total. The third-order valence-corrected chi connectivity index (χ3v) is 3.80. The molecule has 4 heteroatoms. The fourth-order valence-electron chi connectivity index (χ4n) is 2.84. The molecule has 1 heterocycles. The van der Waals surface area contributed by atoms with Crippen LogP contribution in [0.5, 0.6) is 0 Å². The molecule has 102 valence electrons. The highest BCUT2D eigenvalue weighted by atomic mass is 16.5. The van der Waals surface area contributed by atoms with E-state index in [-0.39, 0.29) is 6.04 Å². The minimum atomic E-state index is -0.118. The highest BCUT2D eigenvalue weighted by Crippen LogP contribution is 2.34. The van der Waals surface area contributed by atoms with E-state index < -0.39 is 0 Å². The summed E-state index contributed by atoms with van der Waals surface area (Å²) in [5.41, 5.74) is 6.07. The second-order valence-electron chi connectivity index (χ2n) is 6.20. The van der Waals surface area contributed by atoms with Gasteiger partial charge in [0.15, 0.2) is 5.82 Å². The second-order valence-corrected chi connectivity index (χ2v) is 6.20. The van der Waals surface area contributed by atoms with Gasteiger partial charge in [-0.2, -0.15) is 4.98 Å². The Morgan fingerprint density at radius 3 is 2.83 bits per heavy atom. The second kappa shape index (κ2) is 5.83. The number of rotatable bonds is 4. The van der Waals surface area contributed by atoms with Crippen molar-refractivity contribution in [1.82, 2.24) is 10.1 Å². The Hall–Kier alpha value is -0.900. The highest BCUT2D eigenvalue weighted by Gasteiger charge is 2.25. The Morgan fingerprint density at radius 2 is 2.17 bits per heavy atom. The minimum absolute atomic E-state index is 0.118. The summed E-state index contributed by atoms with van der Waals surface area (Å²) >= 11 is 0. The Morgan fingerprint density at radius 1 is 1.39 bits per heavy atom. The molecule has 2 rings (SSSR count). The fourth-order valence-corrected chi connectivity index (χ4v) is 2.84. The molecule has 1 aliphatic rings. The predicted molar refractivity (Wildman–Crippen MR) is 71.1 cm³/mol. The molecule has 0 spiro atoms. The summed E-state index contributed by atoms with van der Waals surface area (Å²) in [7, 11) is 0. The molecule has 0 bridgehead atoms. The zero-order valence-corrected chi connectivity index (χ0v) is 11.7.